The van der Waals surface area contributed by atoms with Crippen molar-refractivity contribution in [1.82, 2.24) is 24.2 Å². The number of thioether (sulfide) groups is 1. The molecule has 3 heterocycles. The number of carbonyl (C=O) groups is 1. The van der Waals surface area contributed by atoms with E-state index in [2.05, 4.69) is 19.7 Å². The Balaban J connectivity index is 1.46. The summed E-state index contributed by atoms with van der Waals surface area (Å²) in [5.41, 5.74) is 2.89. The first-order chi connectivity index (χ1) is 13.6. The SMILES string of the molecule is Cc1c(C(=O)CSc2nnc(CN3CCOCC3)n2C)c2ccccc2n1C. The largest absolute Gasteiger partial charge is 0.379 e. The number of ketones is 1. The van der Waals surface area contributed by atoms with E-state index in [1.54, 1.807) is 0 Å². The molecule has 0 unspecified atom stereocenters. The first-order valence-corrected chi connectivity index (χ1v) is 10.4. The molecule has 3 aromatic rings. The molecule has 2 aromatic heterocycles. The third kappa shape index (κ3) is 3.59. The number of hydrogen-bond acceptors (Lipinski definition) is 6. The smallest absolute Gasteiger partial charge is 0.191 e. The van der Waals surface area contributed by atoms with E-state index in [1.807, 2.05) is 49.9 Å². The lowest BCUT2D eigenvalue weighted by molar-refractivity contribution is 0.0326. The lowest BCUT2D eigenvalue weighted by Gasteiger charge is -2.25. The molecule has 0 amide bonds. The molecular weight excluding hydrogens is 374 g/mol. The fourth-order valence-electron chi connectivity index (χ4n) is 3.64. The predicted octanol–water partition coefficient (Wildman–Crippen LogP) is 2.42. The van der Waals surface area contributed by atoms with Gasteiger partial charge in [0, 0.05) is 49.3 Å². The zero-order chi connectivity index (χ0) is 19.7. The molecule has 0 bridgehead atoms. The van der Waals surface area contributed by atoms with Gasteiger partial charge in [0.25, 0.3) is 0 Å². The van der Waals surface area contributed by atoms with Gasteiger partial charge in [-0.3, -0.25) is 9.69 Å². The molecular formula is C20H25N5O2S. The Morgan fingerprint density at radius 3 is 2.68 bits per heavy atom. The number of rotatable bonds is 6. The third-order valence-electron chi connectivity index (χ3n) is 5.40. The zero-order valence-corrected chi connectivity index (χ0v) is 17.3. The number of hydrogen-bond donors (Lipinski definition) is 0. The van der Waals surface area contributed by atoms with Crippen LogP contribution in [0.2, 0.25) is 0 Å². The Morgan fingerprint density at radius 1 is 1.14 bits per heavy atom. The minimum absolute atomic E-state index is 0.122. The zero-order valence-electron chi connectivity index (χ0n) is 16.5. The molecule has 1 aromatic carbocycles. The second-order valence-corrected chi connectivity index (χ2v) is 8.04. The summed E-state index contributed by atoms with van der Waals surface area (Å²) in [6.07, 6.45) is 0. The summed E-state index contributed by atoms with van der Waals surface area (Å²) in [5, 5.41) is 10.4. The lowest BCUT2D eigenvalue weighted by Crippen LogP contribution is -2.36. The Labute approximate surface area is 168 Å². The van der Waals surface area contributed by atoms with E-state index in [0.29, 0.717) is 5.75 Å². The molecule has 0 aliphatic carbocycles. The van der Waals surface area contributed by atoms with Gasteiger partial charge < -0.3 is 13.9 Å². The lowest BCUT2D eigenvalue weighted by atomic mass is 10.1. The number of aromatic nitrogens is 4. The Morgan fingerprint density at radius 2 is 1.89 bits per heavy atom. The van der Waals surface area contributed by atoms with Crippen LogP contribution in [0.3, 0.4) is 0 Å². The first-order valence-electron chi connectivity index (χ1n) is 9.44. The monoisotopic (exact) mass is 399 g/mol. The molecule has 0 spiro atoms. The molecule has 0 radical (unpaired) electrons. The summed E-state index contributed by atoms with van der Waals surface area (Å²) in [4.78, 5) is 15.3. The number of Topliss-reactive ketones (excluding diaryl/α,β-unsaturated/α-hetero) is 1. The molecule has 7 nitrogen and oxygen atoms in total. The van der Waals surface area contributed by atoms with Crippen molar-refractivity contribution < 1.29 is 9.53 Å². The van der Waals surface area contributed by atoms with Crippen LogP contribution in [-0.2, 0) is 25.4 Å². The first kappa shape index (κ1) is 19.2. The van der Waals surface area contributed by atoms with Gasteiger partial charge in [0.15, 0.2) is 10.9 Å². The number of nitrogens with zero attached hydrogens (tertiary/aromatic N) is 5. The van der Waals surface area contributed by atoms with Crippen molar-refractivity contribution in [3.8, 4) is 0 Å². The van der Waals surface area contributed by atoms with Crippen LogP contribution in [0.4, 0.5) is 0 Å². The van der Waals surface area contributed by atoms with Gasteiger partial charge >= 0.3 is 0 Å². The average Bonchev–Trinajstić information content (AvgIpc) is 3.18. The van der Waals surface area contributed by atoms with Crippen molar-refractivity contribution in [2.75, 3.05) is 32.1 Å². The van der Waals surface area contributed by atoms with Crippen LogP contribution in [-0.4, -0.2) is 62.1 Å². The van der Waals surface area contributed by atoms with Crippen molar-refractivity contribution in [2.45, 2.75) is 18.6 Å². The van der Waals surface area contributed by atoms with Crippen LogP contribution in [0.1, 0.15) is 21.9 Å². The number of para-hydroxylation sites is 1. The highest BCUT2D eigenvalue weighted by atomic mass is 32.2. The van der Waals surface area contributed by atoms with Crippen molar-refractivity contribution in [1.29, 1.82) is 0 Å². The molecule has 1 fully saturated rings. The maximum absolute atomic E-state index is 13.0. The molecule has 4 rings (SSSR count). The van der Waals surface area contributed by atoms with Gasteiger partial charge in [-0.15, -0.1) is 10.2 Å². The fourth-order valence-corrected chi connectivity index (χ4v) is 4.44. The maximum atomic E-state index is 13.0. The molecule has 8 heteroatoms. The van der Waals surface area contributed by atoms with Crippen molar-refractivity contribution in [3.63, 3.8) is 0 Å². The molecule has 0 N–H and O–H groups in total. The van der Waals surface area contributed by atoms with Gasteiger partial charge in [-0.1, -0.05) is 30.0 Å². The highest BCUT2D eigenvalue weighted by molar-refractivity contribution is 7.99. The highest BCUT2D eigenvalue weighted by Gasteiger charge is 2.20. The quantitative estimate of drug-likeness (QED) is 0.469. The number of aryl methyl sites for hydroxylation is 1. The minimum atomic E-state index is 0.122. The van der Waals surface area contributed by atoms with Crippen LogP contribution < -0.4 is 0 Å². The molecule has 1 saturated heterocycles. The molecule has 1 aliphatic heterocycles. The van der Waals surface area contributed by atoms with E-state index >= 15 is 0 Å². The molecule has 0 atom stereocenters. The van der Waals surface area contributed by atoms with E-state index in [-0.39, 0.29) is 5.78 Å². The highest BCUT2D eigenvalue weighted by Crippen LogP contribution is 2.27. The fraction of sp³-hybridized carbons (Fsp3) is 0.450. The summed E-state index contributed by atoms with van der Waals surface area (Å²) < 4.78 is 9.46. The van der Waals surface area contributed by atoms with Gasteiger partial charge in [-0.2, -0.15) is 0 Å². The van der Waals surface area contributed by atoms with Crippen molar-refractivity contribution >= 4 is 28.4 Å². The summed E-state index contributed by atoms with van der Waals surface area (Å²) in [5.74, 6) is 1.38. The minimum Gasteiger partial charge on any atom is -0.379 e. The summed E-state index contributed by atoms with van der Waals surface area (Å²) in [6.45, 7) is 6.10. The normalized spacial score (nSPS) is 15.4. The molecule has 28 heavy (non-hydrogen) atoms. The van der Waals surface area contributed by atoms with E-state index in [4.69, 9.17) is 4.74 Å². The topological polar surface area (TPSA) is 65.2 Å². The van der Waals surface area contributed by atoms with Gasteiger partial charge in [0.05, 0.1) is 25.5 Å². The number of morpholine rings is 1. The Kier molecular flexibility index (Phi) is 5.52. The van der Waals surface area contributed by atoms with Gasteiger partial charge in [0.2, 0.25) is 0 Å². The van der Waals surface area contributed by atoms with Crippen LogP contribution in [0.25, 0.3) is 10.9 Å². The van der Waals surface area contributed by atoms with E-state index in [1.165, 1.54) is 11.8 Å². The number of ether oxygens (including phenoxy) is 1. The Hall–Kier alpha value is -2.16. The standard InChI is InChI=1S/C20H25N5O2S/c1-14-19(15-6-4-5-7-16(15)23(14)2)17(26)13-28-20-22-21-18(24(20)3)12-25-8-10-27-11-9-25/h4-7H,8-13H2,1-3H3. The molecule has 148 valence electrons. The van der Waals surface area contributed by atoms with Crippen molar-refractivity contribution in [2.24, 2.45) is 14.1 Å². The second-order valence-electron chi connectivity index (χ2n) is 7.09. The summed E-state index contributed by atoms with van der Waals surface area (Å²) in [6, 6.07) is 8.04. The van der Waals surface area contributed by atoms with Gasteiger partial charge in [-0.05, 0) is 13.0 Å². The predicted molar refractivity (Wildman–Crippen MR) is 110 cm³/mol. The van der Waals surface area contributed by atoms with E-state index in [9.17, 15) is 4.79 Å². The van der Waals surface area contributed by atoms with Crippen molar-refractivity contribution in [3.05, 3.63) is 41.3 Å². The molecule has 0 saturated carbocycles. The maximum Gasteiger partial charge on any atom is 0.191 e. The second kappa shape index (κ2) is 8.06. The number of benzene rings is 1. The van der Waals surface area contributed by atoms with Crippen LogP contribution in [0.5, 0.6) is 0 Å². The van der Waals surface area contributed by atoms with Gasteiger partial charge in [0.1, 0.15) is 5.82 Å². The van der Waals surface area contributed by atoms with Crippen LogP contribution in [0, 0.1) is 6.92 Å². The van der Waals surface area contributed by atoms with Crippen LogP contribution in [0.15, 0.2) is 29.4 Å². The summed E-state index contributed by atoms with van der Waals surface area (Å²) >= 11 is 1.45. The number of fused-ring (bicyclic) bond motifs is 1. The average molecular weight is 400 g/mol. The van der Waals surface area contributed by atoms with Gasteiger partial charge in [-0.25, -0.2) is 0 Å². The Bertz CT molecular complexity index is 1000. The summed E-state index contributed by atoms with van der Waals surface area (Å²) in [7, 11) is 3.97. The van der Waals surface area contributed by atoms with E-state index in [0.717, 1.165) is 66.0 Å². The van der Waals surface area contributed by atoms with E-state index < -0.39 is 0 Å². The van der Waals surface area contributed by atoms with Crippen LogP contribution >= 0.6 is 11.8 Å². The third-order valence-corrected chi connectivity index (χ3v) is 6.42. The molecule has 1 aliphatic rings. The number of carbonyl (C=O) groups excluding carboxylic acids is 1.